The van der Waals surface area contributed by atoms with Crippen LogP contribution in [0.2, 0.25) is 0 Å². The fourth-order valence-electron chi connectivity index (χ4n) is 2.88. The van der Waals surface area contributed by atoms with Crippen LogP contribution in [0.15, 0.2) is 6.20 Å². The predicted octanol–water partition coefficient (Wildman–Crippen LogP) is 2.96. The summed E-state index contributed by atoms with van der Waals surface area (Å²) in [7, 11) is 1.79. The van der Waals surface area contributed by atoms with Crippen LogP contribution in [0, 0.1) is 5.92 Å². The number of hydrogen-bond acceptors (Lipinski definition) is 4. The molecule has 1 aliphatic rings. The number of aromatic nitrogens is 1. The van der Waals surface area contributed by atoms with Gasteiger partial charge in [-0.1, -0.05) is 19.8 Å². The maximum Gasteiger partial charge on any atom is 0.317 e. The number of urea groups is 1. The van der Waals surface area contributed by atoms with Gasteiger partial charge < -0.3 is 15.3 Å². The van der Waals surface area contributed by atoms with Crippen LogP contribution < -0.4 is 5.32 Å². The van der Waals surface area contributed by atoms with Crippen LogP contribution >= 0.6 is 11.3 Å². The molecule has 1 aromatic heterocycles. The smallest absolute Gasteiger partial charge is 0.317 e. The summed E-state index contributed by atoms with van der Waals surface area (Å²) in [5.41, 5.74) is 0. The second-order valence-corrected chi connectivity index (χ2v) is 7.33. The van der Waals surface area contributed by atoms with E-state index in [-0.39, 0.29) is 24.1 Å². The number of aliphatic hydroxyl groups is 1. The molecule has 0 aliphatic heterocycles. The molecular weight excluding hydrogens is 298 g/mol. The lowest BCUT2D eigenvalue weighted by molar-refractivity contribution is 0.0563. The third kappa shape index (κ3) is 4.43. The molecular formula is C16H27N3O2S. The lowest BCUT2D eigenvalue weighted by Gasteiger charge is -2.31. The van der Waals surface area contributed by atoms with Crippen LogP contribution in [0.5, 0.6) is 0 Å². The Balaban J connectivity index is 1.84. The summed E-state index contributed by atoms with van der Waals surface area (Å²) >= 11 is 1.65. The van der Waals surface area contributed by atoms with Gasteiger partial charge in [0.1, 0.15) is 5.01 Å². The topological polar surface area (TPSA) is 65.5 Å². The first-order valence-electron chi connectivity index (χ1n) is 8.15. The Labute approximate surface area is 136 Å². The quantitative estimate of drug-likeness (QED) is 0.875. The molecule has 1 fully saturated rings. The third-order valence-corrected chi connectivity index (χ3v) is 5.68. The van der Waals surface area contributed by atoms with E-state index in [0.717, 1.165) is 37.1 Å². The van der Waals surface area contributed by atoms with E-state index in [1.54, 1.807) is 23.3 Å². The van der Waals surface area contributed by atoms with E-state index in [2.05, 4.69) is 17.2 Å². The Bertz CT molecular complexity index is 491. The van der Waals surface area contributed by atoms with E-state index in [4.69, 9.17) is 0 Å². The maximum atomic E-state index is 12.3. The number of rotatable bonds is 5. The zero-order valence-corrected chi connectivity index (χ0v) is 14.5. The summed E-state index contributed by atoms with van der Waals surface area (Å²) in [6, 6.07) is -0.185. The number of thiazole rings is 1. The number of nitrogens with one attached hydrogen (secondary N) is 1. The minimum Gasteiger partial charge on any atom is -0.393 e. The lowest BCUT2D eigenvalue weighted by Crippen LogP contribution is -2.43. The van der Waals surface area contributed by atoms with Crippen molar-refractivity contribution in [3.63, 3.8) is 0 Å². The van der Waals surface area contributed by atoms with E-state index in [0.29, 0.717) is 6.54 Å². The summed E-state index contributed by atoms with van der Waals surface area (Å²) < 4.78 is 0. The Hall–Kier alpha value is -1.14. The molecule has 0 radical (unpaired) electrons. The van der Waals surface area contributed by atoms with Crippen molar-refractivity contribution in [2.75, 3.05) is 13.6 Å². The van der Waals surface area contributed by atoms with Crippen molar-refractivity contribution in [2.24, 2.45) is 5.92 Å². The Morgan fingerprint density at radius 3 is 2.91 bits per heavy atom. The Kier molecular flexibility index (Phi) is 6.20. The van der Waals surface area contributed by atoms with Crippen LogP contribution in [0.1, 0.15) is 55.5 Å². The van der Waals surface area contributed by atoms with Gasteiger partial charge in [0.25, 0.3) is 0 Å². The van der Waals surface area contributed by atoms with E-state index in [1.807, 2.05) is 13.1 Å². The molecule has 1 saturated carbocycles. The Morgan fingerprint density at radius 1 is 1.55 bits per heavy atom. The van der Waals surface area contributed by atoms with Crippen molar-refractivity contribution in [1.29, 1.82) is 0 Å². The van der Waals surface area contributed by atoms with Crippen molar-refractivity contribution in [1.82, 2.24) is 15.2 Å². The molecule has 2 amide bonds. The molecule has 5 nitrogen and oxygen atoms in total. The summed E-state index contributed by atoms with van der Waals surface area (Å²) in [4.78, 5) is 19.6. The van der Waals surface area contributed by atoms with Crippen LogP contribution in [0.25, 0.3) is 0 Å². The number of carbonyl (C=O) groups excluding carboxylic acids is 1. The molecule has 2 rings (SSSR count). The summed E-state index contributed by atoms with van der Waals surface area (Å²) in [6.45, 7) is 4.67. The molecule has 0 saturated heterocycles. The maximum absolute atomic E-state index is 12.3. The summed E-state index contributed by atoms with van der Waals surface area (Å²) in [5, 5.41) is 14.0. The highest BCUT2D eigenvalue weighted by Crippen LogP contribution is 2.25. The second-order valence-electron chi connectivity index (χ2n) is 6.18. The normalized spacial score (nSPS) is 23.1. The van der Waals surface area contributed by atoms with Crippen LogP contribution in [0.4, 0.5) is 4.79 Å². The summed E-state index contributed by atoms with van der Waals surface area (Å²) in [5.74, 6) is 0.200. The number of nitrogens with zero attached hydrogens (tertiary/aromatic N) is 2. The van der Waals surface area contributed by atoms with Crippen molar-refractivity contribution in [3.8, 4) is 0 Å². The molecule has 0 bridgehead atoms. The predicted molar refractivity (Wildman–Crippen MR) is 89.0 cm³/mol. The van der Waals surface area contributed by atoms with Gasteiger partial charge in [0.15, 0.2) is 0 Å². The molecule has 0 spiro atoms. The second kappa shape index (κ2) is 7.92. The number of amides is 2. The molecule has 6 heteroatoms. The molecule has 1 aliphatic carbocycles. The number of hydrogen-bond donors (Lipinski definition) is 2. The van der Waals surface area contributed by atoms with Gasteiger partial charge in [-0.2, -0.15) is 0 Å². The van der Waals surface area contributed by atoms with Gasteiger partial charge in [0.05, 0.1) is 12.1 Å². The molecule has 2 N–H and O–H groups in total. The molecule has 1 aromatic rings. The molecule has 124 valence electrons. The van der Waals surface area contributed by atoms with Crippen molar-refractivity contribution >= 4 is 17.4 Å². The van der Waals surface area contributed by atoms with Crippen molar-refractivity contribution < 1.29 is 9.90 Å². The lowest BCUT2D eigenvalue weighted by atomic mass is 9.86. The highest BCUT2D eigenvalue weighted by atomic mass is 32.1. The average molecular weight is 325 g/mol. The molecule has 0 aromatic carbocycles. The van der Waals surface area contributed by atoms with Crippen LogP contribution in [-0.4, -0.2) is 40.7 Å². The first kappa shape index (κ1) is 17.2. The largest absolute Gasteiger partial charge is 0.393 e. The highest BCUT2D eigenvalue weighted by Gasteiger charge is 2.26. The molecule has 0 unspecified atom stereocenters. The van der Waals surface area contributed by atoms with Gasteiger partial charge >= 0.3 is 6.03 Å². The monoisotopic (exact) mass is 325 g/mol. The van der Waals surface area contributed by atoms with Crippen molar-refractivity contribution in [3.05, 3.63) is 16.1 Å². The van der Waals surface area contributed by atoms with Crippen molar-refractivity contribution in [2.45, 2.75) is 58.1 Å². The SMILES string of the molecule is CCc1cnc([C@H](C)NC(=O)N(C)C[C@@H]2CCCC[C@@H]2O)s1. The average Bonchev–Trinajstić information content (AvgIpc) is 2.98. The van der Waals surface area contributed by atoms with Gasteiger partial charge in [0.2, 0.25) is 0 Å². The standard InChI is InChI=1S/C16H27N3O2S/c1-4-13-9-17-15(22-13)11(2)18-16(21)19(3)10-12-7-5-6-8-14(12)20/h9,11-12,14,20H,4-8,10H2,1-3H3,(H,18,21)/t11-,12-,14-/m0/s1. The Morgan fingerprint density at radius 2 is 2.27 bits per heavy atom. The zero-order chi connectivity index (χ0) is 16.1. The van der Waals surface area contributed by atoms with Gasteiger partial charge in [-0.15, -0.1) is 11.3 Å². The van der Waals surface area contributed by atoms with Gasteiger partial charge in [-0.05, 0) is 26.2 Å². The fraction of sp³-hybridized carbons (Fsp3) is 0.750. The van der Waals surface area contributed by atoms with E-state index in [9.17, 15) is 9.90 Å². The number of carbonyl (C=O) groups is 1. The van der Waals surface area contributed by atoms with Crippen LogP contribution in [-0.2, 0) is 6.42 Å². The first-order valence-corrected chi connectivity index (χ1v) is 8.97. The summed E-state index contributed by atoms with van der Waals surface area (Å²) in [6.07, 6.45) is 6.67. The number of aliphatic hydroxyl groups excluding tert-OH is 1. The molecule has 1 heterocycles. The van der Waals surface area contributed by atoms with Crippen LogP contribution in [0.3, 0.4) is 0 Å². The first-order chi connectivity index (χ1) is 10.5. The highest BCUT2D eigenvalue weighted by molar-refractivity contribution is 7.11. The van der Waals surface area contributed by atoms with Gasteiger partial charge in [-0.25, -0.2) is 9.78 Å². The van der Waals surface area contributed by atoms with E-state index in [1.165, 1.54) is 4.88 Å². The van der Waals surface area contributed by atoms with Gasteiger partial charge in [-0.3, -0.25) is 0 Å². The minimum atomic E-state index is -0.271. The fourth-order valence-corrected chi connectivity index (χ4v) is 3.74. The number of aryl methyl sites for hydroxylation is 1. The zero-order valence-electron chi connectivity index (χ0n) is 13.7. The van der Waals surface area contributed by atoms with E-state index < -0.39 is 0 Å². The molecule has 3 atom stereocenters. The third-order valence-electron chi connectivity index (χ3n) is 4.35. The van der Waals surface area contributed by atoms with Gasteiger partial charge in [0, 0.05) is 30.6 Å². The van der Waals surface area contributed by atoms with E-state index >= 15 is 0 Å². The minimum absolute atomic E-state index is 0.0865. The molecule has 22 heavy (non-hydrogen) atoms.